The standard InChI is InChI=1S/C18H16N4O/c1-10-14-7-12(9-19)8-15(13-3-5-21-6-4-13)16(14)11(2)22-17(10)18(20)23/h3-8,11,22H,1-2H3,(H2,20,23). The zero-order chi connectivity index (χ0) is 16.6. The molecule has 114 valence electrons. The van der Waals surface area contributed by atoms with Crippen LogP contribution in [0.1, 0.15) is 36.6 Å². The van der Waals surface area contributed by atoms with Crippen molar-refractivity contribution in [3.05, 3.63) is 59.0 Å². The Morgan fingerprint density at radius 3 is 2.57 bits per heavy atom. The Kier molecular flexibility index (Phi) is 3.59. The Morgan fingerprint density at radius 2 is 1.96 bits per heavy atom. The Labute approximate surface area is 134 Å². The molecule has 1 atom stereocenters. The maximum absolute atomic E-state index is 11.7. The number of benzene rings is 1. The second kappa shape index (κ2) is 5.58. The lowest BCUT2D eigenvalue weighted by molar-refractivity contribution is -0.115. The van der Waals surface area contributed by atoms with Crippen LogP contribution >= 0.6 is 0 Å². The average Bonchev–Trinajstić information content (AvgIpc) is 2.57. The van der Waals surface area contributed by atoms with Crippen LogP contribution < -0.4 is 11.1 Å². The van der Waals surface area contributed by atoms with E-state index in [9.17, 15) is 10.1 Å². The summed E-state index contributed by atoms with van der Waals surface area (Å²) >= 11 is 0. The van der Waals surface area contributed by atoms with E-state index in [0.29, 0.717) is 11.3 Å². The molecule has 5 nitrogen and oxygen atoms in total. The Bertz CT molecular complexity index is 863. The molecule has 1 aromatic heterocycles. The van der Waals surface area contributed by atoms with Gasteiger partial charge in [-0.3, -0.25) is 9.78 Å². The van der Waals surface area contributed by atoms with Gasteiger partial charge in [0.25, 0.3) is 5.91 Å². The van der Waals surface area contributed by atoms with Gasteiger partial charge in [-0.05, 0) is 65.9 Å². The molecule has 0 aliphatic carbocycles. The van der Waals surface area contributed by atoms with Crippen LogP contribution in [0.15, 0.2) is 42.4 Å². The van der Waals surface area contributed by atoms with Crippen LogP contribution in [0, 0.1) is 11.3 Å². The van der Waals surface area contributed by atoms with E-state index in [4.69, 9.17) is 5.73 Å². The Hall–Kier alpha value is -3.13. The summed E-state index contributed by atoms with van der Waals surface area (Å²) in [5.41, 5.74) is 11.1. The van der Waals surface area contributed by atoms with Gasteiger partial charge in [0.2, 0.25) is 0 Å². The Balaban J connectivity index is 2.34. The van der Waals surface area contributed by atoms with Crippen molar-refractivity contribution in [1.82, 2.24) is 10.3 Å². The predicted octanol–water partition coefficient (Wildman–Crippen LogP) is 2.50. The van der Waals surface area contributed by atoms with Gasteiger partial charge in [0.15, 0.2) is 0 Å². The smallest absolute Gasteiger partial charge is 0.265 e. The van der Waals surface area contributed by atoms with Gasteiger partial charge < -0.3 is 11.1 Å². The molecule has 1 aliphatic rings. The van der Waals surface area contributed by atoms with E-state index < -0.39 is 5.91 Å². The molecule has 0 saturated heterocycles. The van der Waals surface area contributed by atoms with E-state index in [-0.39, 0.29) is 6.04 Å². The van der Waals surface area contributed by atoms with E-state index in [1.807, 2.05) is 38.1 Å². The highest BCUT2D eigenvalue weighted by Crippen LogP contribution is 2.39. The minimum absolute atomic E-state index is 0.0906. The van der Waals surface area contributed by atoms with Crippen molar-refractivity contribution in [2.75, 3.05) is 0 Å². The molecular weight excluding hydrogens is 288 g/mol. The molecule has 1 aromatic carbocycles. The molecular formula is C18H16N4O. The number of hydrogen-bond donors (Lipinski definition) is 2. The van der Waals surface area contributed by atoms with Crippen LogP contribution in [-0.4, -0.2) is 10.9 Å². The third kappa shape index (κ3) is 2.44. The van der Waals surface area contributed by atoms with E-state index in [2.05, 4.69) is 16.4 Å². The van der Waals surface area contributed by atoms with Gasteiger partial charge in [0.1, 0.15) is 5.70 Å². The number of fused-ring (bicyclic) bond motifs is 1. The summed E-state index contributed by atoms with van der Waals surface area (Å²) in [4.78, 5) is 15.7. The highest BCUT2D eigenvalue weighted by molar-refractivity contribution is 6.01. The van der Waals surface area contributed by atoms with Crippen molar-refractivity contribution in [3.63, 3.8) is 0 Å². The third-order valence-electron chi connectivity index (χ3n) is 4.12. The lowest BCUT2D eigenvalue weighted by Gasteiger charge is -2.29. The number of primary amides is 1. The van der Waals surface area contributed by atoms with Gasteiger partial charge in [0.05, 0.1) is 11.6 Å². The quantitative estimate of drug-likeness (QED) is 0.891. The molecule has 0 saturated carbocycles. The lowest BCUT2D eigenvalue weighted by atomic mass is 9.84. The number of nitriles is 1. The first kappa shape index (κ1) is 14.8. The van der Waals surface area contributed by atoms with E-state index in [0.717, 1.165) is 27.8 Å². The lowest BCUT2D eigenvalue weighted by Crippen LogP contribution is -2.33. The summed E-state index contributed by atoms with van der Waals surface area (Å²) in [6.07, 6.45) is 3.44. The molecule has 23 heavy (non-hydrogen) atoms. The summed E-state index contributed by atoms with van der Waals surface area (Å²) in [7, 11) is 0. The van der Waals surface area contributed by atoms with Gasteiger partial charge in [-0.15, -0.1) is 0 Å². The van der Waals surface area contributed by atoms with Crippen molar-refractivity contribution in [2.45, 2.75) is 19.9 Å². The fraction of sp³-hybridized carbons (Fsp3) is 0.167. The van der Waals surface area contributed by atoms with Crippen molar-refractivity contribution in [2.24, 2.45) is 5.73 Å². The number of aromatic nitrogens is 1. The molecule has 1 amide bonds. The first-order chi connectivity index (χ1) is 11.0. The number of allylic oxidation sites excluding steroid dienone is 1. The molecule has 3 rings (SSSR count). The molecule has 0 bridgehead atoms. The summed E-state index contributed by atoms with van der Waals surface area (Å²) in [6.45, 7) is 3.82. The van der Waals surface area contributed by atoms with E-state index in [1.165, 1.54) is 0 Å². The van der Waals surface area contributed by atoms with Gasteiger partial charge in [-0.25, -0.2) is 0 Å². The molecule has 0 radical (unpaired) electrons. The van der Waals surface area contributed by atoms with Crippen molar-refractivity contribution in [1.29, 1.82) is 5.26 Å². The topological polar surface area (TPSA) is 91.8 Å². The second-order valence-electron chi connectivity index (χ2n) is 5.56. The number of amides is 1. The zero-order valence-electron chi connectivity index (χ0n) is 12.9. The number of carbonyl (C=O) groups excluding carboxylic acids is 1. The normalized spacial score (nSPS) is 16.3. The van der Waals surface area contributed by atoms with Crippen LogP contribution in [0.5, 0.6) is 0 Å². The Morgan fingerprint density at radius 1 is 1.30 bits per heavy atom. The van der Waals surface area contributed by atoms with Crippen molar-refractivity contribution in [3.8, 4) is 17.2 Å². The molecule has 1 aliphatic heterocycles. The predicted molar refractivity (Wildman–Crippen MR) is 87.7 cm³/mol. The third-order valence-corrected chi connectivity index (χ3v) is 4.12. The van der Waals surface area contributed by atoms with Crippen LogP contribution in [0.3, 0.4) is 0 Å². The van der Waals surface area contributed by atoms with Gasteiger partial charge in [-0.2, -0.15) is 5.26 Å². The van der Waals surface area contributed by atoms with Gasteiger partial charge in [0, 0.05) is 18.4 Å². The van der Waals surface area contributed by atoms with Gasteiger partial charge >= 0.3 is 0 Å². The first-order valence-corrected chi connectivity index (χ1v) is 7.29. The summed E-state index contributed by atoms with van der Waals surface area (Å²) in [5.74, 6) is -0.493. The average molecular weight is 304 g/mol. The number of pyridine rings is 1. The minimum atomic E-state index is -0.493. The van der Waals surface area contributed by atoms with Crippen LogP contribution in [0.4, 0.5) is 0 Å². The molecule has 0 spiro atoms. The summed E-state index contributed by atoms with van der Waals surface area (Å²) in [5, 5.41) is 12.5. The zero-order valence-corrected chi connectivity index (χ0v) is 12.9. The van der Waals surface area contributed by atoms with Crippen LogP contribution in [-0.2, 0) is 4.79 Å². The number of nitrogens with two attached hydrogens (primary N) is 1. The SMILES string of the molecule is CC1=C(C(N)=O)NC(C)c2c1cc(C#N)cc2-c1ccncc1. The van der Waals surface area contributed by atoms with E-state index >= 15 is 0 Å². The molecule has 0 fully saturated rings. The molecule has 2 aromatic rings. The monoisotopic (exact) mass is 304 g/mol. The summed E-state index contributed by atoms with van der Waals surface area (Å²) < 4.78 is 0. The molecule has 2 heterocycles. The number of nitrogens with one attached hydrogen (secondary N) is 1. The summed E-state index contributed by atoms with van der Waals surface area (Å²) in [6, 6.07) is 9.60. The number of carbonyl (C=O) groups is 1. The number of rotatable bonds is 2. The second-order valence-corrected chi connectivity index (χ2v) is 5.56. The van der Waals surface area contributed by atoms with E-state index in [1.54, 1.807) is 12.4 Å². The highest BCUT2D eigenvalue weighted by atomic mass is 16.1. The maximum Gasteiger partial charge on any atom is 0.265 e. The number of hydrogen-bond acceptors (Lipinski definition) is 4. The largest absolute Gasteiger partial charge is 0.374 e. The van der Waals surface area contributed by atoms with Crippen LogP contribution in [0.2, 0.25) is 0 Å². The molecule has 5 heteroatoms. The fourth-order valence-electron chi connectivity index (χ4n) is 3.05. The maximum atomic E-state index is 11.7. The van der Waals surface area contributed by atoms with Gasteiger partial charge in [-0.1, -0.05) is 0 Å². The highest BCUT2D eigenvalue weighted by Gasteiger charge is 2.27. The molecule has 1 unspecified atom stereocenters. The minimum Gasteiger partial charge on any atom is -0.374 e. The van der Waals surface area contributed by atoms with Crippen LogP contribution in [0.25, 0.3) is 16.7 Å². The van der Waals surface area contributed by atoms with Crippen molar-refractivity contribution >= 4 is 11.5 Å². The number of nitrogens with zero attached hydrogens (tertiary/aromatic N) is 2. The first-order valence-electron chi connectivity index (χ1n) is 7.29. The molecule has 3 N–H and O–H groups in total. The fourth-order valence-corrected chi connectivity index (χ4v) is 3.05. The van der Waals surface area contributed by atoms with Crippen molar-refractivity contribution < 1.29 is 4.79 Å².